The molecule has 2 fully saturated rings. The van der Waals surface area contributed by atoms with E-state index in [1.54, 1.807) is 30.3 Å². The smallest absolute Gasteiger partial charge is 0.159 e. The number of aldehydes is 1. The fourth-order valence-corrected chi connectivity index (χ4v) is 4.74. The summed E-state index contributed by atoms with van der Waals surface area (Å²) in [6.07, 6.45) is 9.07. The topological polar surface area (TPSA) is 57.6 Å². The minimum Gasteiger partial charge on any atom is -0.507 e. The van der Waals surface area contributed by atoms with Gasteiger partial charge in [-0.05, 0) is 68.8 Å². The van der Waals surface area contributed by atoms with Crippen molar-refractivity contribution in [2.45, 2.75) is 38.6 Å². The molecule has 0 amide bonds. The van der Waals surface area contributed by atoms with E-state index in [9.17, 15) is 14.7 Å². The number of piperidine rings is 2. The van der Waals surface area contributed by atoms with Gasteiger partial charge in [-0.15, -0.1) is 0 Å². The van der Waals surface area contributed by atoms with E-state index in [0.29, 0.717) is 28.9 Å². The Morgan fingerprint density at radius 2 is 1.85 bits per heavy atom. The van der Waals surface area contributed by atoms with Gasteiger partial charge >= 0.3 is 0 Å². The average molecular weight is 363 g/mol. The highest BCUT2D eigenvalue weighted by atomic mass is 16.3. The van der Waals surface area contributed by atoms with Crippen LogP contribution >= 0.6 is 0 Å². The Labute approximate surface area is 159 Å². The van der Waals surface area contributed by atoms with E-state index < -0.39 is 0 Å². The molecule has 0 aromatic heterocycles. The third-order valence-corrected chi connectivity index (χ3v) is 6.06. The molecule has 2 heterocycles. The van der Waals surface area contributed by atoms with E-state index in [-0.39, 0.29) is 5.78 Å². The highest BCUT2D eigenvalue weighted by molar-refractivity contribution is 6.08. The normalized spacial score (nSPS) is 25.7. The third kappa shape index (κ3) is 3.30. The standard InChI is InChI=1S/C23H25NO3/c1-15(26)16-6-8-17(9-7-16)20(14-25)13-19-12-18-4-2-10-24-11-3-5-21(22(18)24)23(19)27/h6-9,12-14,18,22,27H,2-5,10-11H2,1H3/b20-13+. The lowest BCUT2D eigenvalue weighted by molar-refractivity contribution is -0.103. The lowest BCUT2D eigenvalue weighted by Crippen LogP contribution is -2.50. The highest BCUT2D eigenvalue weighted by Gasteiger charge is 2.39. The largest absolute Gasteiger partial charge is 0.507 e. The minimum absolute atomic E-state index is 0.000687. The van der Waals surface area contributed by atoms with Crippen LogP contribution in [0.25, 0.3) is 5.57 Å². The van der Waals surface area contributed by atoms with E-state index in [1.165, 1.54) is 13.3 Å². The summed E-state index contributed by atoms with van der Waals surface area (Å²) in [7, 11) is 0. The van der Waals surface area contributed by atoms with Crippen LogP contribution in [0, 0.1) is 5.92 Å². The first kappa shape index (κ1) is 17.9. The molecule has 27 heavy (non-hydrogen) atoms. The SMILES string of the molecule is CC(=O)c1ccc(/C(C=O)=C/C2=CC3CCCN4CCCC(=C2O)C34)cc1. The third-order valence-electron chi connectivity index (χ3n) is 6.06. The van der Waals surface area contributed by atoms with Crippen LogP contribution < -0.4 is 0 Å². The van der Waals surface area contributed by atoms with Gasteiger partial charge in [0.25, 0.3) is 0 Å². The first-order valence-corrected chi connectivity index (χ1v) is 9.75. The van der Waals surface area contributed by atoms with Crippen LogP contribution in [0.15, 0.2) is 53.3 Å². The summed E-state index contributed by atoms with van der Waals surface area (Å²) >= 11 is 0. The molecule has 2 unspecified atom stereocenters. The number of Topliss-reactive ketones (excluding diaryl/α,β-unsaturated/α-hetero) is 1. The van der Waals surface area contributed by atoms with Gasteiger partial charge < -0.3 is 5.11 Å². The van der Waals surface area contributed by atoms with Crippen molar-refractivity contribution in [3.05, 3.63) is 64.4 Å². The Bertz CT molecular complexity index is 858. The lowest BCUT2D eigenvalue weighted by atomic mass is 9.75. The molecule has 0 spiro atoms. The van der Waals surface area contributed by atoms with Gasteiger partial charge in [-0.2, -0.15) is 0 Å². The van der Waals surface area contributed by atoms with Gasteiger partial charge in [-0.3, -0.25) is 14.5 Å². The number of rotatable bonds is 4. The van der Waals surface area contributed by atoms with Crippen molar-refractivity contribution in [1.29, 1.82) is 0 Å². The zero-order valence-corrected chi connectivity index (χ0v) is 15.6. The first-order chi connectivity index (χ1) is 13.1. The zero-order chi connectivity index (χ0) is 19.0. The molecule has 2 atom stereocenters. The van der Waals surface area contributed by atoms with E-state index >= 15 is 0 Å². The molecule has 3 aliphatic rings. The number of carbonyl (C=O) groups excluding carboxylic acids is 2. The van der Waals surface area contributed by atoms with Crippen molar-refractivity contribution in [1.82, 2.24) is 4.90 Å². The molecule has 1 aromatic rings. The van der Waals surface area contributed by atoms with Gasteiger partial charge in [0.05, 0.1) is 0 Å². The lowest BCUT2D eigenvalue weighted by Gasteiger charge is -2.47. The molecule has 2 aliphatic heterocycles. The van der Waals surface area contributed by atoms with E-state index in [1.807, 2.05) is 0 Å². The first-order valence-electron chi connectivity index (χ1n) is 9.75. The van der Waals surface area contributed by atoms with Gasteiger partial charge in [0.2, 0.25) is 0 Å². The predicted molar refractivity (Wildman–Crippen MR) is 106 cm³/mol. The molecular weight excluding hydrogens is 338 g/mol. The fraction of sp³-hybridized carbons (Fsp3) is 0.391. The fourth-order valence-electron chi connectivity index (χ4n) is 4.74. The summed E-state index contributed by atoms with van der Waals surface area (Å²) in [6.45, 7) is 3.74. The van der Waals surface area contributed by atoms with Gasteiger partial charge in [0.1, 0.15) is 5.76 Å². The Kier molecular flexibility index (Phi) is 4.83. The number of carbonyl (C=O) groups is 2. The zero-order valence-electron chi connectivity index (χ0n) is 15.6. The number of benzene rings is 1. The van der Waals surface area contributed by atoms with Crippen molar-refractivity contribution in [2.24, 2.45) is 5.92 Å². The minimum atomic E-state index is 0.000687. The van der Waals surface area contributed by atoms with Gasteiger partial charge in [0, 0.05) is 22.8 Å². The molecule has 4 heteroatoms. The molecule has 0 saturated carbocycles. The Hall–Kier alpha value is -2.46. The van der Waals surface area contributed by atoms with Crippen LogP contribution in [0.1, 0.15) is 48.5 Å². The van der Waals surface area contributed by atoms with E-state index in [0.717, 1.165) is 55.3 Å². The molecule has 1 N–H and O–H groups in total. The van der Waals surface area contributed by atoms with Crippen molar-refractivity contribution in [3.8, 4) is 0 Å². The predicted octanol–water partition coefficient (Wildman–Crippen LogP) is 4.10. The summed E-state index contributed by atoms with van der Waals surface area (Å²) in [5.74, 6) is 0.757. The van der Waals surface area contributed by atoms with E-state index in [2.05, 4.69) is 11.0 Å². The van der Waals surface area contributed by atoms with Crippen LogP contribution in [-0.4, -0.2) is 41.2 Å². The van der Waals surface area contributed by atoms with Gasteiger partial charge in [-0.1, -0.05) is 30.3 Å². The van der Waals surface area contributed by atoms with Gasteiger partial charge in [0.15, 0.2) is 12.1 Å². The summed E-state index contributed by atoms with van der Waals surface area (Å²) in [6, 6.07) is 7.38. The number of allylic oxidation sites excluding steroid dienone is 2. The van der Waals surface area contributed by atoms with Crippen molar-refractivity contribution < 1.29 is 14.7 Å². The quantitative estimate of drug-likeness (QED) is 0.497. The summed E-state index contributed by atoms with van der Waals surface area (Å²) in [5, 5.41) is 10.9. The summed E-state index contributed by atoms with van der Waals surface area (Å²) < 4.78 is 0. The van der Waals surface area contributed by atoms with Gasteiger partial charge in [-0.25, -0.2) is 0 Å². The number of hydrogen-bond donors (Lipinski definition) is 1. The second kappa shape index (κ2) is 7.28. The average Bonchev–Trinajstić information content (AvgIpc) is 2.69. The Morgan fingerprint density at radius 3 is 2.56 bits per heavy atom. The van der Waals surface area contributed by atoms with Crippen LogP contribution in [0.5, 0.6) is 0 Å². The molecule has 2 saturated heterocycles. The van der Waals surface area contributed by atoms with Crippen LogP contribution in [-0.2, 0) is 4.79 Å². The number of nitrogens with zero attached hydrogens (tertiary/aromatic N) is 1. The second-order valence-corrected chi connectivity index (χ2v) is 7.74. The number of ketones is 1. The number of aliphatic hydroxyl groups is 1. The van der Waals surface area contributed by atoms with Crippen molar-refractivity contribution in [2.75, 3.05) is 13.1 Å². The van der Waals surface area contributed by atoms with E-state index in [4.69, 9.17) is 0 Å². The van der Waals surface area contributed by atoms with Crippen molar-refractivity contribution >= 4 is 17.6 Å². The van der Waals surface area contributed by atoms with Crippen LogP contribution in [0.4, 0.5) is 0 Å². The van der Waals surface area contributed by atoms with Crippen LogP contribution in [0.3, 0.4) is 0 Å². The van der Waals surface area contributed by atoms with Crippen LogP contribution in [0.2, 0.25) is 0 Å². The summed E-state index contributed by atoms with van der Waals surface area (Å²) in [4.78, 5) is 25.7. The molecule has 140 valence electrons. The Morgan fingerprint density at radius 1 is 1.15 bits per heavy atom. The monoisotopic (exact) mass is 363 g/mol. The highest BCUT2D eigenvalue weighted by Crippen LogP contribution is 2.42. The summed E-state index contributed by atoms with van der Waals surface area (Å²) in [5.41, 5.74) is 3.79. The maximum Gasteiger partial charge on any atom is 0.159 e. The maximum atomic E-state index is 11.7. The number of hydrogen-bond acceptors (Lipinski definition) is 4. The second-order valence-electron chi connectivity index (χ2n) is 7.74. The molecule has 0 radical (unpaired) electrons. The number of aliphatic hydroxyl groups excluding tert-OH is 1. The molecule has 1 aliphatic carbocycles. The molecule has 1 aromatic carbocycles. The molecular formula is C23H25NO3. The maximum absolute atomic E-state index is 11.7. The Balaban J connectivity index is 1.69. The molecule has 0 bridgehead atoms. The van der Waals surface area contributed by atoms with Crippen molar-refractivity contribution in [3.63, 3.8) is 0 Å². The molecule has 4 rings (SSSR count). The molecule has 4 nitrogen and oxygen atoms in total.